The van der Waals surface area contributed by atoms with Crippen molar-refractivity contribution in [1.82, 2.24) is 14.2 Å². The van der Waals surface area contributed by atoms with Crippen molar-refractivity contribution in [3.8, 4) is 11.5 Å². The first-order chi connectivity index (χ1) is 20.3. The summed E-state index contributed by atoms with van der Waals surface area (Å²) < 4.78 is 45.3. The number of carbonyl (C=O) groups excluding carboxylic acids is 1. The number of fused-ring (bicyclic) bond motifs is 1. The van der Waals surface area contributed by atoms with Crippen LogP contribution in [-0.2, 0) is 32.5 Å². The van der Waals surface area contributed by atoms with Gasteiger partial charge in [0.2, 0.25) is 15.9 Å². The zero-order valence-electron chi connectivity index (χ0n) is 24.4. The fourth-order valence-electron chi connectivity index (χ4n) is 4.69. The summed E-state index contributed by atoms with van der Waals surface area (Å²) in [5.41, 5.74) is 1.35. The molecule has 0 saturated heterocycles. The van der Waals surface area contributed by atoms with Crippen LogP contribution in [0.5, 0.6) is 11.5 Å². The van der Waals surface area contributed by atoms with Crippen molar-refractivity contribution in [3.05, 3.63) is 82.2 Å². The zero-order valence-corrected chi connectivity index (χ0v) is 26.0. The molecule has 0 saturated carbocycles. The third kappa shape index (κ3) is 7.65. The van der Waals surface area contributed by atoms with Crippen LogP contribution in [0.3, 0.4) is 0 Å². The Labute approximate surface area is 251 Å². The molecule has 2 heterocycles. The Morgan fingerprint density at radius 3 is 2.45 bits per heavy atom. The number of aromatic nitrogens is 1. The van der Waals surface area contributed by atoms with Crippen molar-refractivity contribution in [2.45, 2.75) is 31.2 Å². The van der Waals surface area contributed by atoms with Gasteiger partial charge in [-0.3, -0.25) is 9.78 Å². The number of para-hydroxylation sites is 1. The minimum atomic E-state index is -4.05. The molecule has 1 amide bonds. The van der Waals surface area contributed by atoms with Gasteiger partial charge in [0.15, 0.2) is 11.5 Å². The normalized spacial score (nSPS) is 11.6. The van der Waals surface area contributed by atoms with Crippen LogP contribution in [0.1, 0.15) is 21.7 Å². The third-order valence-corrected chi connectivity index (χ3v) is 9.76. The van der Waals surface area contributed by atoms with Crippen molar-refractivity contribution in [2.75, 3.05) is 47.6 Å². The van der Waals surface area contributed by atoms with Crippen LogP contribution in [0.25, 0.3) is 10.9 Å². The molecule has 0 aliphatic rings. The van der Waals surface area contributed by atoms with Gasteiger partial charge in [-0.2, -0.15) is 4.31 Å². The molecule has 11 heteroatoms. The number of carbonyl (C=O) groups is 1. The lowest BCUT2D eigenvalue weighted by atomic mass is 10.1. The fraction of sp³-hybridized carbons (Fsp3) is 0.355. The highest BCUT2D eigenvalue weighted by atomic mass is 32.2. The number of amides is 1. The van der Waals surface area contributed by atoms with Crippen molar-refractivity contribution < 1.29 is 27.4 Å². The molecule has 0 radical (unpaired) electrons. The molecule has 0 fully saturated rings. The summed E-state index contributed by atoms with van der Waals surface area (Å²) in [5.74, 6) is 0.958. The molecular formula is C31H37N3O6S2. The molecule has 224 valence electrons. The number of sulfonamides is 1. The average Bonchev–Trinajstić information content (AvgIpc) is 3.42. The van der Waals surface area contributed by atoms with Gasteiger partial charge >= 0.3 is 0 Å². The van der Waals surface area contributed by atoms with E-state index < -0.39 is 10.0 Å². The minimum absolute atomic E-state index is 0.0802. The summed E-state index contributed by atoms with van der Waals surface area (Å²) in [7, 11) is 0.687. The standard InChI is InChI=1S/C31H37N3O6S2/c1-23-11-13-26(41-23)21-33(18-15-24-12-14-27(39-3)28(20-24)40-4)30(35)22-34(17-7-19-38-2)42(36,37)29-10-5-8-25-9-6-16-32-31(25)29/h5-6,8-14,16,20H,7,15,17-19,21-22H2,1-4H3. The van der Waals surface area contributed by atoms with Crippen LogP contribution in [0.4, 0.5) is 0 Å². The Kier molecular flexibility index (Phi) is 10.9. The van der Waals surface area contributed by atoms with Gasteiger partial charge in [-0.1, -0.05) is 24.3 Å². The maximum absolute atomic E-state index is 14.0. The smallest absolute Gasteiger partial charge is 0.245 e. The molecule has 4 aromatic rings. The van der Waals surface area contributed by atoms with Crippen LogP contribution in [-0.4, -0.2) is 76.1 Å². The number of nitrogens with zero attached hydrogens (tertiary/aromatic N) is 3. The average molecular weight is 612 g/mol. The molecule has 2 aromatic carbocycles. The maximum Gasteiger partial charge on any atom is 0.245 e. The highest BCUT2D eigenvalue weighted by Crippen LogP contribution is 2.28. The number of hydrogen-bond donors (Lipinski definition) is 0. The van der Waals surface area contributed by atoms with Crippen LogP contribution in [0.2, 0.25) is 0 Å². The van der Waals surface area contributed by atoms with Crippen LogP contribution < -0.4 is 9.47 Å². The number of hydrogen-bond acceptors (Lipinski definition) is 8. The lowest BCUT2D eigenvalue weighted by Gasteiger charge is -2.27. The van der Waals surface area contributed by atoms with E-state index in [1.54, 1.807) is 62.0 Å². The predicted molar refractivity (Wildman–Crippen MR) is 165 cm³/mol. The van der Waals surface area contributed by atoms with Gasteiger partial charge in [-0.15, -0.1) is 11.3 Å². The second-order valence-electron chi connectivity index (χ2n) is 9.78. The van der Waals surface area contributed by atoms with Gasteiger partial charge in [-0.05, 0) is 61.7 Å². The van der Waals surface area contributed by atoms with E-state index in [9.17, 15) is 13.2 Å². The molecule has 0 aliphatic carbocycles. The fourth-order valence-corrected chi connectivity index (χ4v) is 7.19. The van der Waals surface area contributed by atoms with E-state index in [4.69, 9.17) is 14.2 Å². The van der Waals surface area contributed by atoms with E-state index >= 15 is 0 Å². The molecule has 42 heavy (non-hydrogen) atoms. The summed E-state index contributed by atoms with van der Waals surface area (Å²) in [4.78, 5) is 22.2. The zero-order chi connectivity index (χ0) is 30.1. The number of rotatable bonds is 15. The van der Waals surface area contributed by atoms with E-state index in [1.165, 1.54) is 4.31 Å². The SMILES string of the molecule is COCCCN(CC(=O)N(CCc1ccc(OC)c(OC)c1)Cc1ccc(C)s1)S(=O)(=O)c1cccc2cccnc12. The Hall–Kier alpha value is -3.51. The minimum Gasteiger partial charge on any atom is -0.493 e. The molecule has 2 aromatic heterocycles. The van der Waals surface area contributed by atoms with Gasteiger partial charge in [0.25, 0.3) is 0 Å². The lowest BCUT2D eigenvalue weighted by molar-refractivity contribution is -0.132. The number of benzene rings is 2. The highest BCUT2D eigenvalue weighted by molar-refractivity contribution is 7.89. The number of thiophene rings is 1. The van der Waals surface area contributed by atoms with Crippen molar-refractivity contribution >= 4 is 38.2 Å². The van der Waals surface area contributed by atoms with Gasteiger partial charge < -0.3 is 19.1 Å². The van der Waals surface area contributed by atoms with Gasteiger partial charge in [0.05, 0.1) is 32.8 Å². The molecule has 0 unspecified atom stereocenters. The van der Waals surface area contributed by atoms with E-state index in [2.05, 4.69) is 4.98 Å². The van der Waals surface area contributed by atoms with E-state index in [0.29, 0.717) is 54.9 Å². The maximum atomic E-state index is 14.0. The number of methoxy groups -OCH3 is 3. The van der Waals surface area contributed by atoms with E-state index in [-0.39, 0.29) is 23.9 Å². The summed E-state index contributed by atoms with van der Waals surface area (Å²) in [6.45, 7) is 3.00. The quantitative estimate of drug-likeness (QED) is 0.176. The number of pyridine rings is 1. The Morgan fingerprint density at radius 1 is 0.952 bits per heavy atom. The van der Waals surface area contributed by atoms with Crippen LogP contribution in [0, 0.1) is 6.92 Å². The molecular weight excluding hydrogens is 574 g/mol. The van der Waals surface area contributed by atoms with Gasteiger partial charge in [0.1, 0.15) is 4.90 Å². The van der Waals surface area contributed by atoms with Crippen molar-refractivity contribution in [3.63, 3.8) is 0 Å². The highest BCUT2D eigenvalue weighted by Gasteiger charge is 2.30. The first-order valence-electron chi connectivity index (χ1n) is 13.6. The van der Waals surface area contributed by atoms with Gasteiger partial charge in [0, 0.05) is 48.1 Å². The molecule has 4 rings (SSSR count). The Bertz CT molecular complexity index is 1600. The second kappa shape index (κ2) is 14.6. The van der Waals surface area contributed by atoms with Crippen LogP contribution >= 0.6 is 11.3 Å². The summed E-state index contributed by atoms with van der Waals surface area (Å²) in [5, 5.41) is 0.714. The van der Waals surface area contributed by atoms with E-state index in [0.717, 1.165) is 15.3 Å². The summed E-state index contributed by atoms with van der Waals surface area (Å²) in [6, 6.07) is 18.3. The third-order valence-electron chi connectivity index (χ3n) is 6.89. The van der Waals surface area contributed by atoms with E-state index in [1.807, 2.05) is 49.4 Å². The van der Waals surface area contributed by atoms with Crippen molar-refractivity contribution in [2.24, 2.45) is 0 Å². The Balaban J connectivity index is 1.61. The number of ether oxygens (including phenoxy) is 3. The lowest BCUT2D eigenvalue weighted by Crippen LogP contribution is -2.43. The van der Waals surface area contributed by atoms with Crippen LogP contribution in [0.15, 0.2) is 71.8 Å². The molecule has 0 bridgehead atoms. The predicted octanol–water partition coefficient (Wildman–Crippen LogP) is 4.92. The second-order valence-corrected chi connectivity index (χ2v) is 13.1. The molecule has 9 nitrogen and oxygen atoms in total. The molecule has 0 atom stereocenters. The monoisotopic (exact) mass is 611 g/mol. The van der Waals surface area contributed by atoms with Gasteiger partial charge in [-0.25, -0.2) is 8.42 Å². The van der Waals surface area contributed by atoms with Crippen molar-refractivity contribution in [1.29, 1.82) is 0 Å². The first kappa shape index (κ1) is 31.4. The topological polar surface area (TPSA) is 98.3 Å². The first-order valence-corrected chi connectivity index (χ1v) is 15.9. The molecule has 0 aliphatic heterocycles. The summed E-state index contributed by atoms with van der Waals surface area (Å²) >= 11 is 1.62. The number of aryl methyl sites for hydroxylation is 1. The summed E-state index contributed by atoms with van der Waals surface area (Å²) in [6.07, 6.45) is 2.57. The molecule has 0 N–H and O–H groups in total. The molecule has 0 spiro atoms. The Morgan fingerprint density at radius 2 is 1.74 bits per heavy atom. The largest absolute Gasteiger partial charge is 0.493 e.